The first-order valence-electron chi connectivity index (χ1n) is 9.52. The molecule has 1 amide bonds. The molecule has 0 bridgehead atoms. The van der Waals surface area contributed by atoms with Gasteiger partial charge in [0, 0.05) is 17.7 Å². The van der Waals surface area contributed by atoms with Gasteiger partial charge in [0.05, 0.1) is 36.2 Å². The summed E-state index contributed by atoms with van der Waals surface area (Å²) in [4.78, 5) is 12.2. The molecular weight excluding hydrogens is 473 g/mol. The third kappa shape index (κ3) is 5.53. The predicted octanol–water partition coefficient (Wildman–Crippen LogP) is 4.53. The summed E-state index contributed by atoms with van der Waals surface area (Å²) in [6, 6.07) is 10.7. The molecule has 3 rings (SSSR count). The first-order valence-corrected chi connectivity index (χ1v) is 11.3. The summed E-state index contributed by atoms with van der Waals surface area (Å²) < 4.78 is 12.6. The molecule has 0 spiro atoms. The molecule has 0 aliphatic carbocycles. The second-order valence-corrected chi connectivity index (χ2v) is 8.09. The largest absolute Gasteiger partial charge is 0.493 e. The van der Waals surface area contributed by atoms with Gasteiger partial charge in [-0.05, 0) is 37.3 Å². The zero-order valence-electron chi connectivity index (χ0n) is 17.6. The lowest BCUT2D eigenvalue weighted by molar-refractivity contribution is -0.118. The molecule has 11 heteroatoms. The summed E-state index contributed by atoms with van der Waals surface area (Å²) in [5.41, 5.74) is 3.83. The maximum atomic E-state index is 12.2. The van der Waals surface area contributed by atoms with Gasteiger partial charge in [0.15, 0.2) is 22.5 Å². The number of carbonyl (C=O) groups is 1. The number of nitrogens with zero attached hydrogens (tertiary/aromatic N) is 4. The lowest BCUT2D eigenvalue weighted by atomic mass is 10.2. The number of rotatable bonds is 9. The summed E-state index contributed by atoms with van der Waals surface area (Å²) in [6.07, 6.45) is 1.41. The minimum absolute atomic E-state index is 0.109. The number of carbonyl (C=O) groups excluding carboxylic acids is 1. The summed E-state index contributed by atoms with van der Waals surface area (Å²) in [5.74, 6) is 1.71. The molecule has 0 aliphatic rings. The van der Waals surface area contributed by atoms with Crippen molar-refractivity contribution in [3.05, 3.63) is 52.0 Å². The highest BCUT2D eigenvalue weighted by atomic mass is 35.5. The van der Waals surface area contributed by atoms with E-state index in [0.717, 1.165) is 5.56 Å². The van der Waals surface area contributed by atoms with Gasteiger partial charge in [-0.3, -0.25) is 4.79 Å². The van der Waals surface area contributed by atoms with E-state index >= 15 is 0 Å². The first kappa shape index (κ1) is 23.9. The van der Waals surface area contributed by atoms with Crippen molar-refractivity contribution in [2.45, 2.75) is 18.6 Å². The van der Waals surface area contributed by atoms with Gasteiger partial charge in [-0.25, -0.2) is 5.43 Å². The second kappa shape index (κ2) is 11.2. The summed E-state index contributed by atoms with van der Waals surface area (Å²) >= 11 is 13.4. The standard InChI is InChI=1S/C21H21Cl2N5O3S/c1-4-28-20(13-8-9-17(30-2)18(10-13)31-3)26-27-21(28)32-12-19(29)25-24-11-14-15(22)6-5-7-16(14)23/h5-11H,4,12H2,1-3H3,(H,25,29)/b24-11+. The molecule has 0 atom stereocenters. The number of amides is 1. The van der Waals surface area contributed by atoms with Crippen molar-refractivity contribution in [2.24, 2.45) is 5.10 Å². The van der Waals surface area contributed by atoms with E-state index in [-0.39, 0.29) is 11.7 Å². The van der Waals surface area contributed by atoms with Crippen LogP contribution >= 0.6 is 35.0 Å². The monoisotopic (exact) mass is 493 g/mol. The molecule has 1 N–H and O–H groups in total. The molecule has 32 heavy (non-hydrogen) atoms. The summed E-state index contributed by atoms with van der Waals surface area (Å²) in [5, 5.41) is 14.0. The van der Waals surface area contributed by atoms with Crippen molar-refractivity contribution in [1.29, 1.82) is 0 Å². The Hall–Kier alpha value is -2.75. The van der Waals surface area contributed by atoms with Crippen LogP contribution in [0.2, 0.25) is 10.0 Å². The van der Waals surface area contributed by atoms with Crippen molar-refractivity contribution >= 4 is 47.1 Å². The van der Waals surface area contributed by atoms with Crippen molar-refractivity contribution < 1.29 is 14.3 Å². The minimum Gasteiger partial charge on any atom is -0.493 e. The number of thioether (sulfide) groups is 1. The fraction of sp³-hybridized carbons (Fsp3) is 0.238. The fourth-order valence-corrected chi connectivity index (χ4v) is 4.12. The van der Waals surface area contributed by atoms with Crippen molar-refractivity contribution in [2.75, 3.05) is 20.0 Å². The van der Waals surface area contributed by atoms with E-state index in [4.69, 9.17) is 32.7 Å². The first-order chi connectivity index (χ1) is 15.5. The lowest BCUT2D eigenvalue weighted by Crippen LogP contribution is -2.20. The fourth-order valence-electron chi connectivity index (χ4n) is 2.83. The van der Waals surface area contributed by atoms with Crippen LogP contribution in [0, 0.1) is 0 Å². The molecular formula is C21H21Cl2N5O3S. The van der Waals surface area contributed by atoms with Gasteiger partial charge in [-0.2, -0.15) is 5.10 Å². The van der Waals surface area contributed by atoms with E-state index in [9.17, 15) is 4.79 Å². The Bertz CT molecular complexity index is 1120. The van der Waals surface area contributed by atoms with Gasteiger partial charge in [-0.15, -0.1) is 10.2 Å². The second-order valence-electron chi connectivity index (χ2n) is 6.34. The summed E-state index contributed by atoms with van der Waals surface area (Å²) in [7, 11) is 3.16. The Morgan fingerprint density at radius 2 is 1.88 bits per heavy atom. The van der Waals surface area contributed by atoms with Gasteiger partial charge < -0.3 is 14.0 Å². The van der Waals surface area contributed by atoms with E-state index in [1.54, 1.807) is 32.4 Å². The minimum atomic E-state index is -0.298. The molecule has 2 aromatic carbocycles. The predicted molar refractivity (Wildman–Crippen MR) is 127 cm³/mol. The number of ether oxygens (including phenoxy) is 2. The highest BCUT2D eigenvalue weighted by Gasteiger charge is 2.16. The quantitative estimate of drug-likeness (QED) is 0.267. The number of aromatic nitrogens is 3. The smallest absolute Gasteiger partial charge is 0.250 e. The summed E-state index contributed by atoms with van der Waals surface area (Å²) in [6.45, 7) is 2.61. The number of methoxy groups -OCH3 is 2. The number of hydrogen-bond donors (Lipinski definition) is 1. The average molecular weight is 494 g/mol. The highest BCUT2D eigenvalue weighted by Crippen LogP contribution is 2.32. The average Bonchev–Trinajstić information content (AvgIpc) is 3.22. The lowest BCUT2D eigenvalue weighted by Gasteiger charge is -2.10. The Kier molecular flexibility index (Phi) is 8.38. The zero-order chi connectivity index (χ0) is 23.1. The van der Waals surface area contributed by atoms with Crippen LogP contribution in [-0.2, 0) is 11.3 Å². The van der Waals surface area contributed by atoms with Crippen LogP contribution < -0.4 is 14.9 Å². The number of benzene rings is 2. The Morgan fingerprint density at radius 3 is 2.53 bits per heavy atom. The maximum absolute atomic E-state index is 12.2. The molecule has 8 nitrogen and oxygen atoms in total. The van der Waals surface area contributed by atoms with Crippen LogP contribution in [0.1, 0.15) is 12.5 Å². The number of hydrazone groups is 1. The van der Waals surface area contributed by atoms with Crippen LogP contribution in [0.4, 0.5) is 0 Å². The molecule has 0 radical (unpaired) electrons. The van der Waals surface area contributed by atoms with Crippen molar-refractivity contribution in [3.8, 4) is 22.9 Å². The van der Waals surface area contributed by atoms with Gasteiger partial charge in [0.2, 0.25) is 0 Å². The van der Waals surface area contributed by atoms with Crippen LogP contribution in [0.25, 0.3) is 11.4 Å². The zero-order valence-corrected chi connectivity index (χ0v) is 20.0. The van der Waals surface area contributed by atoms with E-state index in [1.165, 1.54) is 18.0 Å². The van der Waals surface area contributed by atoms with Gasteiger partial charge >= 0.3 is 0 Å². The SMILES string of the molecule is CCn1c(SCC(=O)N/N=C/c2c(Cl)cccc2Cl)nnc1-c1ccc(OC)c(OC)c1. The molecule has 168 valence electrons. The number of hydrogen-bond acceptors (Lipinski definition) is 7. The maximum Gasteiger partial charge on any atom is 0.250 e. The molecule has 3 aromatic rings. The molecule has 0 saturated heterocycles. The van der Waals surface area contributed by atoms with Gasteiger partial charge in [-0.1, -0.05) is 41.0 Å². The molecule has 0 unspecified atom stereocenters. The van der Waals surface area contributed by atoms with Crippen LogP contribution in [0.15, 0.2) is 46.7 Å². The Morgan fingerprint density at radius 1 is 1.16 bits per heavy atom. The molecule has 1 heterocycles. The third-order valence-corrected chi connectivity index (χ3v) is 6.02. The van der Waals surface area contributed by atoms with Gasteiger partial charge in [0.25, 0.3) is 5.91 Å². The third-order valence-electron chi connectivity index (χ3n) is 4.39. The molecule has 0 aliphatic heterocycles. The normalized spacial score (nSPS) is 11.0. The Balaban J connectivity index is 1.67. The molecule has 0 fully saturated rings. The van der Waals surface area contributed by atoms with E-state index in [1.807, 2.05) is 29.7 Å². The Labute approximate surface area is 199 Å². The molecule has 0 saturated carbocycles. The van der Waals surface area contributed by atoms with Crippen molar-refractivity contribution in [3.63, 3.8) is 0 Å². The van der Waals surface area contributed by atoms with Crippen LogP contribution in [0.5, 0.6) is 11.5 Å². The topological polar surface area (TPSA) is 90.6 Å². The van der Waals surface area contributed by atoms with E-state index in [2.05, 4.69) is 20.7 Å². The van der Waals surface area contributed by atoms with Crippen molar-refractivity contribution in [1.82, 2.24) is 20.2 Å². The highest BCUT2D eigenvalue weighted by molar-refractivity contribution is 7.99. The van der Waals surface area contributed by atoms with E-state index in [0.29, 0.717) is 44.6 Å². The number of halogens is 2. The van der Waals surface area contributed by atoms with E-state index < -0.39 is 0 Å². The number of nitrogens with one attached hydrogen (secondary N) is 1. The van der Waals surface area contributed by atoms with Crippen LogP contribution in [-0.4, -0.2) is 46.9 Å². The van der Waals surface area contributed by atoms with Gasteiger partial charge in [0.1, 0.15) is 0 Å². The molecule has 1 aromatic heterocycles. The van der Waals surface area contributed by atoms with Crippen LogP contribution in [0.3, 0.4) is 0 Å².